The van der Waals surface area contributed by atoms with E-state index < -0.39 is 0 Å². The number of nitrogens with one attached hydrogen (secondary N) is 1. The molecule has 1 amide bonds. The number of aromatic nitrogens is 2. The van der Waals surface area contributed by atoms with Crippen LogP contribution < -0.4 is 20.5 Å². The highest BCUT2D eigenvalue weighted by Crippen LogP contribution is 2.21. The molecule has 0 spiro atoms. The number of ether oxygens (including phenoxy) is 1. The zero-order chi connectivity index (χ0) is 18.5. The fourth-order valence-electron chi connectivity index (χ4n) is 2.86. The maximum atomic E-state index is 11.9. The lowest BCUT2D eigenvalue weighted by molar-refractivity contribution is -0.123. The van der Waals surface area contributed by atoms with Crippen LogP contribution in [0.25, 0.3) is 0 Å². The quantitative estimate of drug-likeness (QED) is 0.825. The highest BCUT2D eigenvalue weighted by atomic mass is 35.5. The molecule has 3 rings (SSSR count). The normalized spacial score (nSPS) is 16.5. The van der Waals surface area contributed by atoms with Gasteiger partial charge in [-0.3, -0.25) is 9.59 Å². The Bertz CT molecular complexity index is 822. The lowest BCUT2D eigenvalue weighted by atomic mass is 10.1. The van der Waals surface area contributed by atoms with Crippen molar-refractivity contribution in [2.24, 2.45) is 13.0 Å². The summed E-state index contributed by atoms with van der Waals surface area (Å²) in [4.78, 5) is 25.8. The van der Waals surface area contributed by atoms with Gasteiger partial charge in [0.25, 0.3) is 11.5 Å². The van der Waals surface area contributed by atoms with E-state index in [1.54, 1.807) is 43.6 Å². The Morgan fingerprint density at radius 1 is 1.38 bits per heavy atom. The third kappa shape index (κ3) is 4.76. The maximum absolute atomic E-state index is 11.9. The van der Waals surface area contributed by atoms with Crippen LogP contribution >= 0.6 is 11.6 Å². The Labute approximate surface area is 156 Å². The van der Waals surface area contributed by atoms with Gasteiger partial charge in [0.2, 0.25) is 0 Å². The fraction of sp³-hybridized carbons (Fsp3) is 0.389. The first-order valence-electron chi connectivity index (χ1n) is 8.44. The molecule has 1 N–H and O–H groups in total. The van der Waals surface area contributed by atoms with Gasteiger partial charge in [-0.25, -0.2) is 4.68 Å². The number of carbonyl (C=O) groups excluding carboxylic acids is 1. The summed E-state index contributed by atoms with van der Waals surface area (Å²) in [6, 6.07) is 8.47. The van der Waals surface area contributed by atoms with E-state index in [2.05, 4.69) is 15.3 Å². The predicted molar refractivity (Wildman–Crippen MR) is 99.8 cm³/mol. The second-order valence-corrected chi connectivity index (χ2v) is 6.76. The minimum atomic E-state index is -0.159. The molecule has 0 bridgehead atoms. The van der Waals surface area contributed by atoms with E-state index in [0.29, 0.717) is 23.2 Å². The average molecular weight is 377 g/mol. The minimum absolute atomic E-state index is 0.0310. The molecule has 7 nitrogen and oxygen atoms in total. The lowest BCUT2D eigenvalue weighted by Gasteiger charge is -2.18. The van der Waals surface area contributed by atoms with Crippen LogP contribution in [0.3, 0.4) is 0 Å². The number of carbonyl (C=O) groups is 1. The topological polar surface area (TPSA) is 76.5 Å². The molecule has 1 aromatic heterocycles. The number of anilines is 1. The van der Waals surface area contributed by atoms with Crippen LogP contribution in [0.15, 0.2) is 41.3 Å². The highest BCUT2D eigenvalue weighted by molar-refractivity contribution is 6.30. The molecular formula is C18H21ClN4O3. The molecule has 1 saturated heterocycles. The summed E-state index contributed by atoms with van der Waals surface area (Å²) in [5.41, 5.74) is 0.701. The van der Waals surface area contributed by atoms with E-state index in [-0.39, 0.29) is 18.1 Å². The standard InChI is InChI=1S/C18H21ClN4O3/c1-22-18(25)8-15(10-21-22)23-7-6-13(11-23)9-20-17(24)12-26-16-4-2-14(19)3-5-16/h2-5,8,10,13H,6-7,9,11-12H2,1H3,(H,20,24)/t13-/m0/s1. The number of hydrogen-bond acceptors (Lipinski definition) is 5. The molecule has 2 aromatic rings. The smallest absolute Gasteiger partial charge is 0.268 e. The second-order valence-electron chi connectivity index (χ2n) is 6.32. The van der Waals surface area contributed by atoms with Gasteiger partial charge in [-0.15, -0.1) is 0 Å². The minimum Gasteiger partial charge on any atom is -0.484 e. The van der Waals surface area contributed by atoms with Gasteiger partial charge in [-0.2, -0.15) is 5.10 Å². The van der Waals surface area contributed by atoms with Gasteiger partial charge in [-0.1, -0.05) is 11.6 Å². The molecule has 0 saturated carbocycles. The van der Waals surface area contributed by atoms with Crippen molar-refractivity contribution in [3.05, 3.63) is 51.9 Å². The van der Waals surface area contributed by atoms with Gasteiger partial charge in [0.15, 0.2) is 6.61 Å². The van der Waals surface area contributed by atoms with Crippen LogP contribution in [0.1, 0.15) is 6.42 Å². The zero-order valence-electron chi connectivity index (χ0n) is 14.5. The summed E-state index contributed by atoms with van der Waals surface area (Å²) in [5, 5.41) is 7.57. The largest absolute Gasteiger partial charge is 0.484 e. The molecule has 138 valence electrons. The van der Waals surface area contributed by atoms with Gasteiger partial charge in [0.1, 0.15) is 5.75 Å². The third-order valence-corrected chi connectivity index (χ3v) is 4.63. The van der Waals surface area contributed by atoms with E-state index in [4.69, 9.17) is 16.3 Å². The summed E-state index contributed by atoms with van der Waals surface area (Å²) < 4.78 is 6.73. The molecule has 0 aliphatic carbocycles. The number of halogens is 1. The third-order valence-electron chi connectivity index (χ3n) is 4.38. The van der Waals surface area contributed by atoms with Gasteiger partial charge < -0.3 is 15.0 Å². The molecule has 0 radical (unpaired) electrons. The van der Waals surface area contributed by atoms with E-state index in [1.807, 2.05) is 0 Å². The molecule has 1 atom stereocenters. The Kier molecular flexibility index (Phi) is 5.78. The van der Waals surface area contributed by atoms with Crippen LogP contribution in [0.5, 0.6) is 5.75 Å². The van der Waals surface area contributed by atoms with Crippen molar-refractivity contribution in [1.82, 2.24) is 15.1 Å². The van der Waals surface area contributed by atoms with Crippen molar-refractivity contribution in [3.8, 4) is 5.75 Å². The van der Waals surface area contributed by atoms with Crippen LogP contribution in [0, 0.1) is 5.92 Å². The number of rotatable bonds is 6. The Morgan fingerprint density at radius 3 is 2.88 bits per heavy atom. The summed E-state index contributed by atoms with van der Waals surface area (Å²) in [7, 11) is 1.63. The van der Waals surface area contributed by atoms with E-state index >= 15 is 0 Å². The molecule has 1 fully saturated rings. The van der Waals surface area contributed by atoms with Gasteiger partial charge in [-0.05, 0) is 36.6 Å². The van der Waals surface area contributed by atoms with E-state index in [0.717, 1.165) is 25.2 Å². The van der Waals surface area contributed by atoms with Crippen molar-refractivity contribution in [2.45, 2.75) is 6.42 Å². The molecule has 8 heteroatoms. The Hall–Kier alpha value is -2.54. The zero-order valence-corrected chi connectivity index (χ0v) is 15.3. The number of benzene rings is 1. The average Bonchev–Trinajstić information content (AvgIpc) is 3.11. The van der Waals surface area contributed by atoms with Gasteiger partial charge in [0, 0.05) is 37.8 Å². The number of hydrogen-bond donors (Lipinski definition) is 1. The molecular weight excluding hydrogens is 356 g/mol. The lowest BCUT2D eigenvalue weighted by Crippen LogP contribution is -2.34. The van der Waals surface area contributed by atoms with Crippen molar-refractivity contribution < 1.29 is 9.53 Å². The Morgan fingerprint density at radius 2 is 2.15 bits per heavy atom. The first-order valence-corrected chi connectivity index (χ1v) is 8.82. The molecule has 1 aliphatic rings. The van der Waals surface area contributed by atoms with Crippen LogP contribution in [0.2, 0.25) is 5.02 Å². The first kappa shape index (κ1) is 18.3. The molecule has 1 aromatic carbocycles. The summed E-state index contributed by atoms with van der Waals surface area (Å²) >= 11 is 5.81. The van der Waals surface area contributed by atoms with Crippen LogP contribution in [-0.4, -0.2) is 41.9 Å². The van der Waals surface area contributed by atoms with E-state index in [9.17, 15) is 9.59 Å². The van der Waals surface area contributed by atoms with Gasteiger partial charge >= 0.3 is 0 Å². The maximum Gasteiger partial charge on any atom is 0.268 e. The van der Waals surface area contributed by atoms with E-state index in [1.165, 1.54) is 4.68 Å². The molecule has 0 unspecified atom stereocenters. The van der Waals surface area contributed by atoms with Gasteiger partial charge in [0.05, 0.1) is 11.9 Å². The monoisotopic (exact) mass is 376 g/mol. The fourth-order valence-corrected chi connectivity index (χ4v) is 2.98. The summed E-state index contributed by atoms with van der Waals surface area (Å²) in [6.07, 6.45) is 2.65. The van der Waals surface area contributed by atoms with Crippen molar-refractivity contribution in [1.29, 1.82) is 0 Å². The summed E-state index contributed by atoms with van der Waals surface area (Å²) in [5.74, 6) is 0.780. The predicted octanol–water partition coefficient (Wildman–Crippen LogP) is 1.46. The molecule has 2 heterocycles. The number of amides is 1. The number of aryl methyl sites for hydroxylation is 1. The molecule has 1 aliphatic heterocycles. The van der Waals surface area contributed by atoms with Crippen molar-refractivity contribution in [2.75, 3.05) is 31.1 Å². The second kappa shape index (κ2) is 8.23. The Balaban J connectivity index is 1.42. The first-order chi connectivity index (χ1) is 12.5. The molecule has 26 heavy (non-hydrogen) atoms. The van der Waals surface area contributed by atoms with Crippen LogP contribution in [0.4, 0.5) is 5.69 Å². The van der Waals surface area contributed by atoms with Crippen molar-refractivity contribution >= 4 is 23.2 Å². The van der Waals surface area contributed by atoms with Crippen molar-refractivity contribution in [3.63, 3.8) is 0 Å². The number of nitrogens with zero attached hydrogens (tertiary/aromatic N) is 3. The van der Waals surface area contributed by atoms with Crippen LogP contribution in [-0.2, 0) is 11.8 Å². The highest BCUT2D eigenvalue weighted by Gasteiger charge is 2.23. The summed E-state index contributed by atoms with van der Waals surface area (Å²) in [6.45, 7) is 2.18. The SMILES string of the molecule is Cn1ncc(N2CC[C@@H](CNC(=O)COc3ccc(Cl)cc3)C2)cc1=O.